The third-order valence-corrected chi connectivity index (χ3v) is 0. The molecule has 0 heterocycles. The SMILES string of the molecule is O=[P](=O)[K]. The zero-order chi connectivity index (χ0) is 3.58. The Morgan fingerprint density at radius 2 is 1.50 bits per heavy atom. The molecule has 0 fully saturated rings. The molecule has 0 aromatic rings. The molecular formula is KO2P. The molecule has 0 aromatic carbocycles. The monoisotopic (exact) mass is 102 g/mol. The van der Waals surface area contributed by atoms with Crippen molar-refractivity contribution < 1.29 is 9.13 Å². The van der Waals surface area contributed by atoms with Gasteiger partial charge < -0.3 is 0 Å². The van der Waals surface area contributed by atoms with Crippen molar-refractivity contribution in [3.05, 3.63) is 0 Å². The Hall–Kier alpha value is 1.54. The summed E-state index contributed by atoms with van der Waals surface area (Å²) in [6, 6.07) is 0. The summed E-state index contributed by atoms with van der Waals surface area (Å²) in [6.45, 7) is 0. The number of hydrogen-bond acceptors (Lipinski definition) is 2. The van der Waals surface area contributed by atoms with Gasteiger partial charge in [-0.25, -0.2) is 0 Å². The van der Waals surface area contributed by atoms with Crippen LogP contribution >= 0.6 is 0.763 Å². The minimum absolute atomic E-state index is 0.0162. The minimum atomic E-state index is -1.93. The predicted octanol–water partition coefficient (Wildman–Crippen LogP) is 0.243. The van der Waals surface area contributed by atoms with E-state index in [9.17, 15) is 0 Å². The summed E-state index contributed by atoms with van der Waals surface area (Å²) in [4.78, 5) is 0. The van der Waals surface area contributed by atoms with E-state index in [1.54, 1.807) is 0 Å². The Morgan fingerprint density at radius 3 is 1.50 bits per heavy atom. The molecule has 0 rings (SSSR count). The van der Waals surface area contributed by atoms with Crippen LogP contribution < -0.4 is 0 Å². The molecule has 0 aliphatic carbocycles. The third kappa shape index (κ3) is 9.64. The summed E-state index contributed by atoms with van der Waals surface area (Å²) < 4.78 is 16.3. The number of rotatable bonds is 0. The quantitative estimate of drug-likeness (QED) is 0.324. The Bertz CT molecular complexity index is 54.4. The van der Waals surface area contributed by atoms with Gasteiger partial charge in [-0.1, -0.05) is 0 Å². The molecular weight excluding hydrogens is 102 g/mol. The summed E-state index contributed by atoms with van der Waals surface area (Å²) in [7, 11) is 0. The van der Waals surface area contributed by atoms with Crippen LogP contribution in [-0.4, -0.2) is 48.1 Å². The first kappa shape index (κ1) is 5.54. The van der Waals surface area contributed by atoms with Crippen LogP contribution in [-0.2, 0) is 9.13 Å². The molecule has 0 aliphatic rings. The van der Waals surface area contributed by atoms with E-state index in [1.807, 2.05) is 0 Å². The van der Waals surface area contributed by atoms with Gasteiger partial charge in [0, 0.05) is 0 Å². The molecule has 0 atom stereocenters. The molecule has 18 valence electrons. The molecule has 0 saturated heterocycles. The first-order chi connectivity index (χ1) is 1.73. The van der Waals surface area contributed by atoms with Gasteiger partial charge in [0.15, 0.2) is 0 Å². The first-order valence-electron chi connectivity index (χ1n) is 0.812. The second-order valence-corrected chi connectivity index (χ2v) is 4.74. The molecule has 0 N–H and O–H groups in total. The molecule has 0 spiro atoms. The normalized spacial score (nSPS) is 6.50. The standard InChI is InChI=1S/K.O2P/c;1-3-2. The number of hydrogen-bond donors (Lipinski definition) is 0. The van der Waals surface area contributed by atoms with Crippen molar-refractivity contribution in [3.8, 4) is 0 Å². The van der Waals surface area contributed by atoms with Gasteiger partial charge in [-0.15, -0.1) is 0 Å². The Labute approximate surface area is 56.7 Å². The van der Waals surface area contributed by atoms with Crippen LogP contribution in [0.25, 0.3) is 0 Å². The first-order valence-corrected chi connectivity index (χ1v) is 6.63. The summed E-state index contributed by atoms with van der Waals surface area (Å²) in [6.07, 6.45) is 0. The summed E-state index contributed by atoms with van der Waals surface area (Å²) in [5.41, 5.74) is 0. The van der Waals surface area contributed by atoms with Crippen LogP contribution in [0.15, 0.2) is 0 Å². The molecule has 0 bridgehead atoms. The molecule has 4 heavy (non-hydrogen) atoms. The van der Waals surface area contributed by atoms with Crippen molar-refractivity contribution in [3.63, 3.8) is 0 Å². The molecule has 2 nitrogen and oxygen atoms in total. The second kappa shape index (κ2) is 2.76. The van der Waals surface area contributed by atoms with Gasteiger partial charge in [0.25, 0.3) is 0 Å². The average Bonchev–Trinajstić information content (AvgIpc) is 0.811. The van der Waals surface area contributed by atoms with Crippen molar-refractivity contribution in [1.29, 1.82) is 0 Å². The third-order valence-electron chi connectivity index (χ3n) is 0. The Balaban J connectivity index is 3.51. The van der Waals surface area contributed by atoms with E-state index >= 15 is 0 Å². The average molecular weight is 102 g/mol. The summed E-state index contributed by atoms with van der Waals surface area (Å²) >= 11 is 0.0162. The predicted molar refractivity (Wildman–Crippen MR) is 14.0 cm³/mol. The fourth-order valence-electron chi connectivity index (χ4n) is 0. The molecule has 0 unspecified atom stereocenters. The van der Waals surface area contributed by atoms with Crippen molar-refractivity contribution in [2.45, 2.75) is 0 Å². The second-order valence-electron chi connectivity index (χ2n) is 0.440. The van der Waals surface area contributed by atoms with Gasteiger partial charge in [-0.05, 0) is 0 Å². The molecule has 0 aromatic heterocycles. The van der Waals surface area contributed by atoms with Crippen molar-refractivity contribution in [1.82, 2.24) is 0 Å². The van der Waals surface area contributed by atoms with E-state index in [2.05, 4.69) is 0 Å². The zero-order valence-corrected chi connectivity index (χ0v) is 6.28. The zero-order valence-electron chi connectivity index (χ0n) is 2.26. The fourth-order valence-corrected chi connectivity index (χ4v) is 0. The molecule has 0 aliphatic heterocycles. The van der Waals surface area contributed by atoms with Crippen molar-refractivity contribution >= 4 is 48.8 Å². The van der Waals surface area contributed by atoms with Gasteiger partial charge in [0.05, 0.1) is 0 Å². The van der Waals surface area contributed by atoms with E-state index in [4.69, 9.17) is 9.13 Å². The Morgan fingerprint density at radius 1 is 1.50 bits per heavy atom. The van der Waals surface area contributed by atoms with Gasteiger partial charge in [0.2, 0.25) is 0 Å². The fraction of sp³-hybridized carbons (Fsp3) is 0. The molecule has 0 amide bonds. The van der Waals surface area contributed by atoms with E-state index in [1.165, 1.54) is 0 Å². The van der Waals surface area contributed by atoms with Gasteiger partial charge in [-0.3, -0.25) is 0 Å². The van der Waals surface area contributed by atoms with Crippen LogP contribution in [0.5, 0.6) is 0 Å². The molecule has 0 saturated carbocycles. The van der Waals surface area contributed by atoms with Gasteiger partial charge >= 0.3 is 58.0 Å². The van der Waals surface area contributed by atoms with Crippen LogP contribution in [0.2, 0.25) is 0 Å². The molecule has 4 heteroatoms. The van der Waals surface area contributed by atoms with Crippen LogP contribution in [0, 0.1) is 0 Å². The maximum atomic E-state index is 9.12. The van der Waals surface area contributed by atoms with Gasteiger partial charge in [0.1, 0.15) is 0 Å². The van der Waals surface area contributed by atoms with Crippen molar-refractivity contribution in [2.24, 2.45) is 0 Å². The summed E-state index contributed by atoms with van der Waals surface area (Å²) in [5.74, 6) is 0. The van der Waals surface area contributed by atoms with Crippen LogP contribution in [0.4, 0.5) is 0 Å². The maximum absolute atomic E-state index is 9.12. The molecule has 0 radical (unpaired) electrons. The Kier molecular flexibility index (Phi) is 3.82. The van der Waals surface area contributed by atoms with Gasteiger partial charge in [-0.2, -0.15) is 0 Å². The van der Waals surface area contributed by atoms with E-state index in [-0.39, 0.29) is 48.1 Å². The summed E-state index contributed by atoms with van der Waals surface area (Å²) in [5, 5.41) is 0. The van der Waals surface area contributed by atoms with Crippen LogP contribution in [0.3, 0.4) is 0 Å². The van der Waals surface area contributed by atoms with Crippen LogP contribution in [0.1, 0.15) is 0 Å². The van der Waals surface area contributed by atoms with E-state index in [0.29, 0.717) is 0 Å². The van der Waals surface area contributed by atoms with E-state index in [0.717, 1.165) is 0 Å². The van der Waals surface area contributed by atoms with Crippen molar-refractivity contribution in [2.75, 3.05) is 0 Å². The van der Waals surface area contributed by atoms with E-state index < -0.39 is 0.763 Å². The topological polar surface area (TPSA) is 34.1 Å².